The van der Waals surface area contributed by atoms with Crippen molar-refractivity contribution in [3.63, 3.8) is 0 Å². The zero-order valence-electron chi connectivity index (χ0n) is 20.7. The molecule has 41 heavy (non-hydrogen) atoms. The Morgan fingerprint density at radius 1 is 0.976 bits per heavy atom. The summed E-state index contributed by atoms with van der Waals surface area (Å²) in [7, 11) is 0. The molecule has 214 valence electrons. The maximum atomic E-state index is 15.2. The van der Waals surface area contributed by atoms with Crippen LogP contribution in [0, 0.1) is 17.5 Å². The number of anilines is 3. The van der Waals surface area contributed by atoms with E-state index in [0.717, 1.165) is 12.1 Å². The quantitative estimate of drug-likeness (QED) is 0.190. The van der Waals surface area contributed by atoms with Gasteiger partial charge in [-0.25, -0.2) is 18.6 Å². The molecule has 1 saturated heterocycles. The Bertz CT molecular complexity index is 1630. The molecule has 0 saturated carbocycles. The van der Waals surface area contributed by atoms with E-state index in [1.807, 2.05) is 10.2 Å². The fourth-order valence-corrected chi connectivity index (χ4v) is 4.26. The predicted octanol–water partition coefficient (Wildman–Crippen LogP) is 6.99. The van der Waals surface area contributed by atoms with E-state index < -0.39 is 51.7 Å². The van der Waals surface area contributed by atoms with Gasteiger partial charge in [0.2, 0.25) is 11.6 Å². The number of aromatic nitrogens is 2. The van der Waals surface area contributed by atoms with E-state index in [0.29, 0.717) is 55.3 Å². The summed E-state index contributed by atoms with van der Waals surface area (Å²) in [5.41, 5.74) is -1.29. The van der Waals surface area contributed by atoms with Crippen LogP contribution >= 0.6 is 11.6 Å². The number of hydrogen-bond donors (Lipinski definition) is 2. The molecule has 0 bridgehead atoms. The summed E-state index contributed by atoms with van der Waals surface area (Å²) in [6.07, 6.45) is -3.13. The van der Waals surface area contributed by atoms with Gasteiger partial charge in [0.25, 0.3) is 0 Å². The van der Waals surface area contributed by atoms with E-state index in [9.17, 15) is 26.7 Å². The molecule has 1 fully saturated rings. The molecular weight excluding hydrogens is 580 g/mol. The number of benzene rings is 3. The molecule has 2 amide bonds. The van der Waals surface area contributed by atoms with Crippen molar-refractivity contribution < 1.29 is 40.6 Å². The Labute approximate surface area is 232 Å². The van der Waals surface area contributed by atoms with Crippen LogP contribution in [-0.4, -0.2) is 42.3 Å². The van der Waals surface area contributed by atoms with Gasteiger partial charge in [0, 0.05) is 30.9 Å². The molecular formula is C26H18ClF6N5O3. The fraction of sp³-hybridized carbons (Fsp3) is 0.192. The summed E-state index contributed by atoms with van der Waals surface area (Å²) in [5, 5.41) is 3.42. The first kappa shape index (κ1) is 28.2. The Morgan fingerprint density at radius 3 is 2.44 bits per heavy atom. The Hall–Kier alpha value is -4.30. The lowest BCUT2D eigenvalue weighted by atomic mass is 10.2. The van der Waals surface area contributed by atoms with E-state index in [4.69, 9.17) is 21.1 Å². The lowest BCUT2D eigenvalue weighted by Gasteiger charge is -2.27. The van der Waals surface area contributed by atoms with Crippen LogP contribution in [0.3, 0.4) is 0 Å². The van der Waals surface area contributed by atoms with Gasteiger partial charge in [0.15, 0.2) is 11.6 Å². The number of fused-ring (bicyclic) bond motifs is 1. The minimum absolute atomic E-state index is 0.0934. The third kappa shape index (κ3) is 6.23. The molecule has 1 aromatic heterocycles. The Kier molecular flexibility index (Phi) is 7.78. The number of halogens is 7. The van der Waals surface area contributed by atoms with Crippen molar-refractivity contribution in [3.05, 3.63) is 76.7 Å². The molecule has 0 aliphatic carbocycles. The van der Waals surface area contributed by atoms with Crippen molar-refractivity contribution in [2.24, 2.45) is 0 Å². The van der Waals surface area contributed by atoms with E-state index in [2.05, 4.69) is 15.3 Å². The van der Waals surface area contributed by atoms with Crippen LogP contribution in [0.5, 0.6) is 11.5 Å². The highest BCUT2D eigenvalue weighted by Gasteiger charge is 2.33. The van der Waals surface area contributed by atoms with Crippen molar-refractivity contribution in [2.75, 3.05) is 41.8 Å². The summed E-state index contributed by atoms with van der Waals surface area (Å²) in [6.45, 7) is 2.25. The minimum atomic E-state index is -4.72. The SMILES string of the molecule is O=C(Nc1ccc(C(F)(F)F)c(Cl)c1)Nc1cc(F)c(F)c(Oc2ccc3ncc(N4CCOCC4)nc3c2)c1F. The van der Waals surface area contributed by atoms with E-state index in [-0.39, 0.29) is 11.4 Å². The van der Waals surface area contributed by atoms with Gasteiger partial charge in [0.05, 0.1) is 46.7 Å². The predicted molar refractivity (Wildman–Crippen MR) is 138 cm³/mol. The number of nitrogens with one attached hydrogen (secondary N) is 2. The number of carbonyl (C=O) groups excluding carboxylic acids is 1. The number of nitrogens with zero attached hydrogens (tertiary/aromatic N) is 3. The van der Waals surface area contributed by atoms with Crippen LogP contribution in [-0.2, 0) is 10.9 Å². The lowest BCUT2D eigenvalue weighted by molar-refractivity contribution is -0.137. The molecule has 0 unspecified atom stereocenters. The zero-order valence-corrected chi connectivity index (χ0v) is 21.4. The van der Waals surface area contributed by atoms with E-state index in [1.54, 1.807) is 6.20 Å². The number of hydrogen-bond acceptors (Lipinski definition) is 6. The second-order valence-corrected chi connectivity index (χ2v) is 9.12. The van der Waals surface area contributed by atoms with Crippen molar-refractivity contribution in [1.29, 1.82) is 0 Å². The van der Waals surface area contributed by atoms with Gasteiger partial charge >= 0.3 is 12.2 Å². The summed E-state index contributed by atoms with van der Waals surface area (Å²) in [4.78, 5) is 23.2. The molecule has 8 nitrogen and oxygen atoms in total. The monoisotopic (exact) mass is 597 g/mol. The molecule has 0 atom stereocenters. The number of urea groups is 1. The maximum absolute atomic E-state index is 15.2. The van der Waals surface area contributed by atoms with Crippen molar-refractivity contribution in [1.82, 2.24) is 9.97 Å². The van der Waals surface area contributed by atoms with Crippen LogP contribution in [0.1, 0.15) is 5.56 Å². The molecule has 1 aliphatic rings. The third-order valence-corrected chi connectivity index (χ3v) is 6.27. The van der Waals surface area contributed by atoms with Crippen LogP contribution < -0.4 is 20.3 Å². The first-order valence-corrected chi connectivity index (χ1v) is 12.3. The first-order chi connectivity index (χ1) is 19.5. The topological polar surface area (TPSA) is 88.6 Å². The highest BCUT2D eigenvalue weighted by atomic mass is 35.5. The average Bonchev–Trinajstić information content (AvgIpc) is 2.93. The van der Waals surface area contributed by atoms with Gasteiger partial charge in [-0.1, -0.05) is 11.6 Å². The van der Waals surface area contributed by atoms with E-state index in [1.165, 1.54) is 18.2 Å². The summed E-state index contributed by atoms with van der Waals surface area (Å²) in [6, 6.07) is 5.81. The number of morpholine rings is 1. The van der Waals surface area contributed by atoms with Gasteiger partial charge in [-0.3, -0.25) is 4.98 Å². The molecule has 2 N–H and O–H groups in total. The van der Waals surface area contributed by atoms with Crippen LogP contribution in [0.2, 0.25) is 5.02 Å². The highest BCUT2D eigenvalue weighted by molar-refractivity contribution is 6.31. The first-order valence-electron chi connectivity index (χ1n) is 11.9. The number of amides is 2. The Balaban J connectivity index is 1.36. The normalized spacial score (nSPS) is 13.8. The number of alkyl halides is 3. The van der Waals surface area contributed by atoms with Crippen molar-refractivity contribution in [2.45, 2.75) is 6.18 Å². The molecule has 3 aromatic carbocycles. The van der Waals surface area contributed by atoms with Gasteiger partial charge < -0.3 is 25.0 Å². The standard InChI is InChI=1S/C26H18ClF6N5O3/c27-16-9-13(1-3-15(16)26(31,32)33)35-25(39)37-20-11-17(28)22(29)24(23(20)30)41-14-2-4-18-19(10-14)36-21(12-34-18)38-5-7-40-8-6-38/h1-4,9-12H,5-8H2,(H2,35,37,39). The highest BCUT2D eigenvalue weighted by Crippen LogP contribution is 2.37. The molecule has 1 aliphatic heterocycles. The molecule has 4 aromatic rings. The second kappa shape index (κ2) is 11.3. The number of ether oxygens (including phenoxy) is 2. The minimum Gasteiger partial charge on any atom is -0.451 e. The van der Waals surface area contributed by atoms with Gasteiger partial charge in [-0.15, -0.1) is 0 Å². The maximum Gasteiger partial charge on any atom is 0.417 e. The fourth-order valence-electron chi connectivity index (χ4n) is 3.98. The second-order valence-electron chi connectivity index (χ2n) is 8.71. The molecule has 0 radical (unpaired) electrons. The molecule has 15 heteroatoms. The molecule has 0 spiro atoms. The average molecular weight is 598 g/mol. The molecule has 2 heterocycles. The molecule has 5 rings (SSSR count). The smallest absolute Gasteiger partial charge is 0.417 e. The third-order valence-electron chi connectivity index (χ3n) is 5.95. The van der Waals surface area contributed by atoms with Crippen molar-refractivity contribution in [3.8, 4) is 11.5 Å². The van der Waals surface area contributed by atoms with Crippen molar-refractivity contribution >= 4 is 45.9 Å². The number of carbonyl (C=O) groups is 1. The Morgan fingerprint density at radius 2 is 1.73 bits per heavy atom. The van der Waals surface area contributed by atoms with Crippen LogP contribution in [0.15, 0.2) is 48.7 Å². The van der Waals surface area contributed by atoms with Gasteiger partial charge in [0.1, 0.15) is 11.6 Å². The summed E-state index contributed by atoms with van der Waals surface area (Å²) >= 11 is 5.63. The van der Waals surface area contributed by atoms with Gasteiger partial charge in [-0.2, -0.15) is 17.6 Å². The largest absolute Gasteiger partial charge is 0.451 e. The summed E-state index contributed by atoms with van der Waals surface area (Å²) < 4.78 is 93.5. The zero-order chi connectivity index (χ0) is 29.3. The van der Waals surface area contributed by atoms with E-state index >= 15 is 4.39 Å². The number of rotatable bonds is 5. The van der Waals surface area contributed by atoms with Gasteiger partial charge in [-0.05, 0) is 30.3 Å². The summed E-state index contributed by atoms with van der Waals surface area (Å²) in [5.74, 6) is -5.31. The van der Waals surface area contributed by atoms with Crippen LogP contribution in [0.25, 0.3) is 11.0 Å². The lowest BCUT2D eigenvalue weighted by Crippen LogP contribution is -2.36. The van der Waals surface area contributed by atoms with Crippen LogP contribution in [0.4, 0.5) is 48.3 Å².